The highest BCUT2D eigenvalue weighted by molar-refractivity contribution is 5.90. The number of nitrogens with two attached hydrogens (primary N) is 2. The first-order valence-electron chi connectivity index (χ1n) is 10.3. The smallest absolute Gasteiger partial charge is 0.242 e. The summed E-state index contributed by atoms with van der Waals surface area (Å²) < 4.78 is 0. The maximum atomic E-state index is 12.7. The largest absolute Gasteiger partial charge is 0.354 e. The third-order valence-corrected chi connectivity index (χ3v) is 4.71. The number of amides is 2. The Bertz CT molecular complexity index is 809. The van der Waals surface area contributed by atoms with E-state index in [1.807, 2.05) is 44.2 Å². The van der Waals surface area contributed by atoms with Crippen molar-refractivity contribution < 1.29 is 9.59 Å². The first-order chi connectivity index (χ1) is 13.9. The molecule has 29 heavy (non-hydrogen) atoms. The molecule has 0 aliphatic rings. The number of nitrogens with one attached hydrogen (secondary N) is 2. The van der Waals surface area contributed by atoms with Crippen molar-refractivity contribution in [2.24, 2.45) is 17.4 Å². The highest BCUT2D eigenvalue weighted by Crippen LogP contribution is 2.14. The Labute approximate surface area is 172 Å². The SMILES string of the molecule is CC(C)CNC(=O)[C@H](Cc1cnc2ccccc2c1)NC(=O)[C@H](N)CCCCN. The number of nitrogens with zero attached hydrogens (tertiary/aromatic N) is 1. The van der Waals surface area contributed by atoms with Crippen LogP contribution >= 0.6 is 0 Å². The van der Waals surface area contributed by atoms with E-state index in [-0.39, 0.29) is 11.8 Å². The molecule has 1 aromatic carbocycles. The van der Waals surface area contributed by atoms with Crippen LogP contribution in [0.2, 0.25) is 0 Å². The third kappa shape index (κ3) is 7.44. The molecule has 0 aliphatic heterocycles. The van der Waals surface area contributed by atoms with Gasteiger partial charge in [-0.1, -0.05) is 38.5 Å². The zero-order chi connectivity index (χ0) is 21.2. The summed E-state index contributed by atoms with van der Waals surface area (Å²) in [5.41, 5.74) is 13.3. The molecule has 0 bridgehead atoms. The Kier molecular flexibility index (Phi) is 9.02. The average molecular weight is 400 g/mol. The summed E-state index contributed by atoms with van der Waals surface area (Å²) in [6, 6.07) is 8.44. The van der Waals surface area contributed by atoms with E-state index >= 15 is 0 Å². The Balaban J connectivity index is 2.10. The number of benzene rings is 1. The Hall–Kier alpha value is -2.51. The summed E-state index contributed by atoms with van der Waals surface area (Å²) in [6.07, 6.45) is 4.24. The van der Waals surface area contributed by atoms with Crippen LogP contribution in [0.4, 0.5) is 0 Å². The van der Waals surface area contributed by atoms with Crippen LogP contribution in [0.5, 0.6) is 0 Å². The predicted molar refractivity (Wildman–Crippen MR) is 116 cm³/mol. The highest BCUT2D eigenvalue weighted by Gasteiger charge is 2.24. The molecule has 2 aromatic rings. The van der Waals surface area contributed by atoms with Crippen molar-refractivity contribution in [1.29, 1.82) is 0 Å². The number of carbonyl (C=O) groups excluding carboxylic acids is 2. The maximum Gasteiger partial charge on any atom is 0.242 e. The molecule has 7 nitrogen and oxygen atoms in total. The second-order valence-corrected chi connectivity index (χ2v) is 7.83. The minimum atomic E-state index is -0.704. The molecule has 2 amide bonds. The lowest BCUT2D eigenvalue weighted by Gasteiger charge is -2.21. The number of para-hydroxylation sites is 1. The van der Waals surface area contributed by atoms with E-state index in [4.69, 9.17) is 11.5 Å². The zero-order valence-corrected chi connectivity index (χ0v) is 17.4. The summed E-state index contributed by atoms with van der Waals surface area (Å²) in [6.45, 7) is 5.16. The Morgan fingerprint density at radius 1 is 1.14 bits per heavy atom. The topological polar surface area (TPSA) is 123 Å². The molecule has 7 heteroatoms. The van der Waals surface area contributed by atoms with Crippen molar-refractivity contribution in [1.82, 2.24) is 15.6 Å². The van der Waals surface area contributed by atoms with E-state index in [0.717, 1.165) is 29.3 Å². The van der Waals surface area contributed by atoms with Gasteiger partial charge in [-0.25, -0.2) is 0 Å². The predicted octanol–water partition coefficient (Wildman–Crippen LogP) is 1.49. The van der Waals surface area contributed by atoms with E-state index in [9.17, 15) is 9.59 Å². The first kappa shape index (κ1) is 22.8. The quantitative estimate of drug-likeness (QED) is 0.426. The molecule has 0 radical (unpaired) electrons. The van der Waals surface area contributed by atoms with Gasteiger partial charge in [0.2, 0.25) is 11.8 Å². The van der Waals surface area contributed by atoms with E-state index in [2.05, 4.69) is 15.6 Å². The van der Waals surface area contributed by atoms with Crippen molar-refractivity contribution in [2.45, 2.75) is 51.6 Å². The number of unbranched alkanes of at least 4 members (excludes halogenated alkanes) is 1. The van der Waals surface area contributed by atoms with Crippen LogP contribution < -0.4 is 22.1 Å². The number of hydrogen-bond acceptors (Lipinski definition) is 5. The molecule has 0 aliphatic carbocycles. The molecule has 0 unspecified atom stereocenters. The van der Waals surface area contributed by atoms with Gasteiger partial charge in [0.25, 0.3) is 0 Å². The molecule has 0 saturated carbocycles. The fourth-order valence-electron chi connectivity index (χ4n) is 3.02. The lowest BCUT2D eigenvalue weighted by Crippen LogP contribution is -2.53. The Morgan fingerprint density at radius 2 is 1.90 bits per heavy atom. The van der Waals surface area contributed by atoms with Gasteiger partial charge in [0.1, 0.15) is 6.04 Å². The lowest BCUT2D eigenvalue weighted by molar-refractivity contribution is -0.129. The number of pyridine rings is 1. The fraction of sp³-hybridized carbons (Fsp3) is 0.500. The average Bonchev–Trinajstić information content (AvgIpc) is 2.71. The van der Waals surface area contributed by atoms with Crippen LogP contribution in [-0.2, 0) is 16.0 Å². The van der Waals surface area contributed by atoms with Gasteiger partial charge in [0.05, 0.1) is 11.6 Å². The molecule has 1 aromatic heterocycles. The summed E-state index contributed by atoms with van der Waals surface area (Å²) >= 11 is 0. The van der Waals surface area contributed by atoms with Gasteiger partial charge in [0, 0.05) is 24.5 Å². The fourth-order valence-corrected chi connectivity index (χ4v) is 3.02. The molecule has 6 N–H and O–H groups in total. The molecule has 0 saturated heterocycles. The molecule has 0 spiro atoms. The molecule has 2 rings (SSSR count). The van der Waals surface area contributed by atoms with Gasteiger partial charge in [-0.3, -0.25) is 14.6 Å². The number of carbonyl (C=O) groups is 2. The van der Waals surface area contributed by atoms with Crippen LogP contribution in [0.15, 0.2) is 36.5 Å². The van der Waals surface area contributed by atoms with Crippen LogP contribution in [-0.4, -0.2) is 42.0 Å². The van der Waals surface area contributed by atoms with Crippen molar-refractivity contribution in [3.63, 3.8) is 0 Å². The van der Waals surface area contributed by atoms with E-state index in [1.54, 1.807) is 6.20 Å². The van der Waals surface area contributed by atoms with Crippen molar-refractivity contribution in [3.05, 3.63) is 42.1 Å². The van der Waals surface area contributed by atoms with Gasteiger partial charge >= 0.3 is 0 Å². The number of aromatic nitrogens is 1. The molecular formula is C22H33N5O2. The Morgan fingerprint density at radius 3 is 2.62 bits per heavy atom. The van der Waals surface area contributed by atoms with Crippen molar-refractivity contribution in [3.8, 4) is 0 Å². The van der Waals surface area contributed by atoms with Crippen LogP contribution in [0.1, 0.15) is 38.7 Å². The number of fused-ring (bicyclic) bond motifs is 1. The van der Waals surface area contributed by atoms with Gasteiger partial charge < -0.3 is 22.1 Å². The third-order valence-electron chi connectivity index (χ3n) is 4.71. The monoisotopic (exact) mass is 399 g/mol. The summed E-state index contributed by atoms with van der Waals surface area (Å²) in [4.78, 5) is 29.7. The minimum Gasteiger partial charge on any atom is -0.354 e. The van der Waals surface area contributed by atoms with Gasteiger partial charge in [-0.15, -0.1) is 0 Å². The second-order valence-electron chi connectivity index (χ2n) is 7.83. The zero-order valence-electron chi connectivity index (χ0n) is 17.4. The second kappa shape index (κ2) is 11.5. The van der Waals surface area contributed by atoms with Gasteiger partial charge in [0.15, 0.2) is 0 Å². The summed E-state index contributed by atoms with van der Waals surface area (Å²) in [7, 11) is 0. The molecular weight excluding hydrogens is 366 g/mol. The first-order valence-corrected chi connectivity index (χ1v) is 10.3. The lowest BCUT2D eigenvalue weighted by atomic mass is 10.0. The van der Waals surface area contributed by atoms with Gasteiger partial charge in [-0.05, 0) is 43.0 Å². The normalized spacial score (nSPS) is 13.3. The standard InChI is InChI=1S/C22H33N5O2/c1-15(2)13-26-22(29)20(27-21(28)18(24)8-5-6-10-23)12-16-11-17-7-3-4-9-19(17)25-14-16/h3-4,7,9,11,14-15,18,20H,5-6,8,10,12-13,23-24H2,1-2H3,(H,26,29)(H,27,28)/t18-,20+/m1/s1. The minimum absolute atomic E-state index is 0.214. The van der Waals surface area contributed by atoms with Crippen LogP contribution in [0.25, 0.3) is 10.9 Å². The van der Waals surface area contributed by atoms with Crippen LogP contribution in [0, 0.1) is 5.92 Å². The molecule has 158 valence electrons. The van der Waals surface area contributed by atoms with Crippen molar-refractivity contribution >= 4 is 22.7 Å². The number of hydrogen-bond donors (Lipinski definition) is 4. The summed E-state index contributed by atoms with van der Waals surface area (Å²) in [5.74, 6) is -0.217. The van der Waals surface area contributed by atoms with E-state index in [0.29, 0.717) is 31.8 Å². The van der Waals surface area contributed by atoms with E-state index < -0.39 is 12.1 Å². The van der Waals surface area contributed by atoms with Crippen LogP contribution in [0.3, 0.4) is 0 Å². The highest BCUT2D eigenvalue weighted by atomic mass is 16.2. The molecule has 1 heterocycles. The van der Waals surface area contributed by atoms with Crippen molar-refractivity contribution in [2.75, 3.05) is 13.1 Å². The van der Waals surface area contributed by atoms with E-state index in [1.165, 1.54) is 0 Å². The van der Waals surface area contributed by atoms with Gasteiger partial charge in [-0.2, -0.15) is 0 Å². The summed E-state index contributed by atoms with van der Waals surface area (Å²) in [5, 5.41) is 6.73. The molecule has 2 atom stereocenters. The molecule has 0 fully saturated rings. The maximum absolute atomic E-state index is 12.7. The number of rotatable bonds is 11.